The van der Waals surface area contributed by atoms with Gasteiger partial charge in [0.25, 0.3) is 0 Å². The van der Waals surface area contributed by atoms with Crippen molar-refractivity contribution >= 4 is 0 Å². The molecule has 3 nitrogen and oxygen atoms in total. The molecule has 0 aromatic heterocycles. The fourth-order valence-electron chi connectivity index (χ4n) is 0.878. The van der Waals surface area contributed by atoms with Crippen LogP contribution in [0, 0.1) is 0 Å². The van der Waals surface area contributed by atoms with Gasteiger partial charge in [0.05, 0.1) is 25.5 Å². The quantitative estimate of drug-likeness (QED) is 0.457. The highest BCUT2D eigenvalue weighted by molar-refractivity contribution is 4.80. The van der Waals surface area contributed by atoms with Crippen LogP contribution in [0.4, 0.5) is 0 Å². The van der Waals surface area contributed by atoms with Crippen molar-refractivity contribution in [2.75, 3.05) is 19.9 Å². The van der Waals surface area contributed by atoms with Gasteiger partial charge in [-0.1, -0.05) is 0 Å². The molecule has 2 unspecified atom stereocenters. The molecule has 1 aliphatic rings. The molecule has 0 amide bonds. The van der Waals surface area contributed by atoms with Crippen LogP contribution in [0.25, 0.3) is 0 Å². The summed E-state index contributed by atoms with van der Waals surface area (Å²) in [5.74, 6) is 0. The van der Waals surface area contributed by atoms with E-state index in [1.165, 1.54) is 0 Å². The lowest BCUT2D eigenvalue weighted by Crippen LogP contribution is -2.53. The zero-order valence-electron chi connectivity index (χ0n) is 6.59. The van der Waals surface area contributed by atoms with Crippen LogP contribution in [0.15, 0.2) is 0 Å². The molecule has 1 saturated heterocycles. The van der Waals surface area contributed by atoms with Crippen molar-refractivity contribution in [3.05, 3.63) is 0 Å². The van der Waals surface area contributed by atoms with E-state index in [0.29, 0.717) is 18.9 Å². The summed E-state index contributed by atoms with van der Waals surface area (Å²) in [4.78, 5) is 0. The SMILES string of the molecule is CCOCNC1COC1C. The molecule has 0 radical (unpaired) electrons. The average molecular weight is 145 g/mol. The van der Waals surface area contributed by atoms with Crippen LogP contribution in [-0.2, 0) is 9.47 Å². The monoisotopic (exact) mass is 145 g/mol. The summed E-state index contributed by atoms with van der Waals surface area (Å²) in [5.41, 5.74) is 0. The summed E-state index contributed by atoms with van der Waals surface area (Å²) in [5, 5.41) is 3.22. The predicted octanol–water partition coefficient (Wildman–Crippen LogP) is 0.357. The van der Waals surface area contributed by atoms with Crippen LogP contribution in [0.5, 0.6) is 0 Å². The molecule has 0 saturated carbocycles. The Hall–Kier alpha value is -0.120. The topological polar surface area (TPSA) is 30.5 Å². The van der Waals surface area contributed by atoms with Gasteiger partial charge in [-0.3, -0.25) is 5.32 Å². The van der Waals surface area contributed by atoms with Crippen molar-refractivity contribution in [2.45, 2.75) is 26.0 Å². The van der Waals surface area contributed by atoms with E-state index in [0.717, 1.165) is 13.2 Å². The van der Waals surface area contributed by atoms with E-state index in [1.807, 2.05) is 6.92 Å². The molecule has 0 bridgehead atoms. The van der Waals surface area contributed by atoms with Crippen LogP contribution in [-0.4, -0.2) is 32.1 Å². The van der Waals surface area contributed by atoms with Crippen molar-refractivity contribution in [2.24, 2.45) is 0 Å². The molecule has 10 heavy (non-hydrogen) atoms. The molecule has 1 aliphatic heterocycles. The highest BCUT2D eigenvalue weighted by Gasteiger charge is 2.26. The third-order valence-electron chi connectivity index (χ3n) is 1.76. The first-order valence-corrected chi connectivity index (χ1v) is 3.77. The molecule has 3 heteroatoms. The molecule has 1 fully saturated rings. The molecule has 0 aliphatic carbocycles. The largest absolute Gasteiger partial charge is 0.375 e. The Kier molecular flexibility index (Phi) is 3.12. The number of rotatable bonds is 4. The third kappa shape index (κ3) is 1.94. The molecule has 0 aromatic carbocycles. The maximum atomic E-state index is 5.16. The van der Waals surface area contributed by atoms with E-state index in [2.05, 4.69) is 12.2 Å². The van der Waals surface area contributed by atoms with Gasteiger partial charge in [0, 0.05) is 6.61 Å². The molecular formula is C7H15NO2. The normalized spacial score (nSPS) is 31.8. The standard InChI is InChI=1S/C7H15NO2/c1-3-9-5-8-7-4-10-6(7)2/h6-8H,3-5H2,1-2H3. The van der Waals surface area contributed by atoms with Gasteiger partial charge in [-0.15, -0.1) is 0 Å². The smallest absolute Gasteiger partial charge is 0.0968 e. The number of hydrogen-bond acceptors (Lipinski definition) is 3. The summed E-state index contributed by atoms with van der Waals surface area (Å²) in [6, 6.07) is 0.506. The van der Waals surface area contributed by atoms with Crippen molar-refractivity contribution in [3.63, 3.8) is 0 Å². The van der Waals surface area contributed by atoms with Crippen LogP contribution >= 0.6 is 0 Å². The Balaban J connectivity index is 1.92. The van der Waals surface area contributed by atoms with Crippen LogP contribution in [0.2, 0.25) is 0 Å². The lowest BCUT2D eigenvalue weighted by atomic mass is 10.1. The fourth-order valence-corrected chi connectivity index (χ4v) is 0.878. The van der Waals surface area contributed by atoms with E-state index < -0.39 is 0 Å². The number of ether oxygens (including phenoxy) is 2. The number of nitrogens with one attached hydrogen (secondary N) is 1. The summed E-state index contributed by atoms with van der Waals surface area (Å²) in [6.45, 7) is 6.30. The summed E-state index contributed by atoms with van der Waals surface area (Å²) in [6.07, 6.45) is 0.362. The maximum Gasteiger partial charge on any atom is 0.0968 e. The highest BCUT2D eigenvalue weighted by atomic mass is 16.5. The third-order valence-corrected chi connectivity index (χ3v) is 1.76. The molecular weight excluding hydrogens is 130 g/mol. The molecule has 60 valence electrons. The second-order valence-corrected chi connectivity index (χ2v) is 2.49. The van der Waals surface area contributed by atoms with Gasteiger partial charge < -0.3 is 9.47 Å². The van der Waals surface area contributed by atoms with E-state index in [1.54, 1.807) is 0 Å². The summed E-state index contributed by atoms with van der Waals surface area (Å²) in [7, 11) is 0. The Bertz CT molecular complexity index is 97.6. The second-order valence-electron chi connectivity index (χ2n) is 2.49. The van der Waals surface area contributed by atoms with E-state index in [-0.39, 0.29) is 0 Å². The molecule has 0 spiro atoms. The Morgan fingerprint density at radius 2 is 2.50 bits per heavy atom. The minimum atomic E-state index is 0.362. The minimum absolute atomic E-state index is 0.362. The van der Waals surface area contributed by atoms with Gasteiger partial charge in [-0.2, -0.15) is 0 Å². The van der Waals surface area contributed by atoms with Gasteiger partial charge in [0.2, 0.25) is 0 Å². The number of hydrogen-bond donors (Lipinski definition) is 1. The predicted molar refractivity (Wildman–Crippen MR) is 38.8 cm³/mol. The average Bonchev–Trinajstić information content (AvgIpc) is 1.95. The van der Waals surface area contributed by atoms with Gasteiger partial charge >= 0.3 is 0 Å². The zero-order chi connectivity index (χ0) is 7.40. The maximum absolute atomic E-state index is 5.16. The Morgan fingerprint density at radius 1 is 1.70 bits per heavy atom. The van der Waals surface area contributed by atoms with Crippen molar-refractivity contribution in [1.29, 1.82) is 0 Å². The van der Waals surface area contributed by atoms with Gasteiger partial charge in [0.15, 0.2) is 0 Å². The van der Waals surface area contributed by atoms with Gasteiger partial charge in [-0.25, -0.2) is 0 Å². The molecule has 1 heterocycles. The zero-order valence-corrected chi connectivity index (χ0v) is 6.59. The van der Waals surface area contributed by atoms with E-state index in [9.17, 15) is 0 Å². The van der Waals surface area contributed by atoms with Gasteiger partial charge in [-0.05, 0) is 13.8 Å². The van der Waals surface area contributed by atoms with Crippen molar-refractivity contribution in [1.82, 2.24) is 5.32 Å². The van der Waals surface area contributed by atoms with E-state index >= 15 is 0 Å². The Morgan fingerprint density at radius 3 is 2.90 bits per heavy atom. The first kappa shape index (κ1) is 7.98. The van der Waals surface area contributed by atoms with Crippen LogP contribution < -0.4 is 5.32 Å². The molecule has 2 atom stereocenters. The van der Waals surface area contributed by atoms with Crippen molar-refractivity contribution < 1.29 is 9.47 Å². The fraction of sp³-hybridized carbons (Fsp3) is 1.00. The van der Waals surface area contributed by atoms with Gasteiger partial charge in [0.1, 0.15) is 0 Å². The van der Waals surface area contributed by atoms with Crippen LogP contribution in [0.3, 0.4) is 0 Å². The van der Waals surface area contributed by atoms with E-state index in [4.69, 9.17) is 9.47 Å². The minimum Gasteiger partial charge on any atom is -0.375 e. The molecule has 0 aromatic rings. The molecule has 1 N–H and O–H groups in total. The molecule has 1 rings (SSSR count). The lowest BCUT2D eigenvalue weighted by Gasteiger charge is -2.34. The van der Waals surface area contributed by atoms with Crippen LogP contribution in [0.1, 0.15) is 13.8 Å². The van der Waals surface area contributed by atoms with Crippen molar-refractivity contribution in [3.8, 4) is 0 Å². The lowest BCUT2D eigenvalue weighted by molar-refractivity contribution is -0.0851. The first-order valence-electron chi connectivity index (χ1n) is 3.77. The summed E-state index contributed by atoms with van der Waals surface area (Å²) < 4.78 is 10.3. The second kappa shape index (κ2) is 3.91. The first-order chi connectivity index (χ1) is 4.84. The summed E-state index contributed by atoms with van der Waals surface area (Å²) >= 11 is 0. The Labute approximate surface area is 61.7 Å². The highest BCUT2D eigenvalue weighted by Crippen LogP contribution is 2.10.